The number of nitrogens with one attached hydrogen (secondary N) is 1. The Labute approximate surface area is 134 Å². The SMILES string of the molecule is COc1ccc2c(C)c(CCC(=O)NCCS)c(=O)oc2c1. The summed E-state index contributed by atoms with van der Waals surface area (Å²) in [7, 11) is 1.56. The first-order valence-corrected chi connectivity index (χ1v) is 7.68. The molecule has 0 bridgehead atoms. The Morgan fingerprint density at radius 1 is 1.41 bits per heavy atom. The number of carbonyl (C=O) groups is 1. The van der Waals surface area contributed by atoms with Crippen LogP contribution in [-0.2, 0) is 11.2 Å². The summed E-state index contributed by atoms with van der Waals surface area (Å²) >= 11 is 4.03. The van der Waals surface area contributed by atoms with Gasteiger partial charge in [0.2, 0.25) is 5.91 Å². The van der Waals surface area contributed by atoms with Crippen LogP contribution in [0.5, 0.6) is 5.75 Å². The number of carbonyl (C=O) groups excluding carboxylic acids is 1. The van der Waals surface area contributed by atoms with Crippen molar-refractivity contribution < 1.29 is 13.9 Å². The van der Waals surface area contributed by atoms with E-state index in [9.17, 15) is 9.59 Å². The van der Waals surface area contributed by atoms with Crippen LogP contribution in [0.3, 0.4) is 0 Å². The van der Waals surface area contributed by atoms with Crippen molar-refractivity contribution in [3.05, 3.63) is 39.7 Å². The number of benzene rings is 1. The van der Waals surface area contributed by atoms with Gasteiger partial charge in [-0.25, -0.2) is 4.79 Å². The molecule has 0 saturated heterocycles. The van der Waals surface area contributed by atoms with E-state index in [4.69, 9.17) is 9.15 Å². The monoisotopic (exact) mass is 321 g/mol. The van der Waals surface area contributed by atoms with Crippen molar-refractivity contribution in [1.29, 1.82) is 0 Å². The van der Waals surface area contributed by atoms with Crippen molar-refractivity contribution in [3.63, 3.8) is 0 Å². The average Bonchev–Trinajstić information content (AvgIpc) is 2.52. The predicted octanol–water partition coefficient (Wildman–Crippen LogP) is 2.09. The van der Waals surface area contributed by atoms with Crippen LogP contribution in [0.15, 0.2) is 27.4 Å². The lowest BCUT2D eigenvalue weighted by molar-refractivity contribution is -0.120. The van der Waals surface area contributed by atoms with Gasteiger partial charge in [-0.05, 0) is 31.0 Å². The third-order valence-electron chi connectivity index (χ3n) is 3.53. The fourth-order valence-electron chi connectivity index (χ4n) is 2.31. The Morgan fingerprint density at radius 2 is 2.18 bits per heavy atom. The van der Waals surface area contributed by atoms with Crippen molar-refractivity contribution in [2.45, 2.75) is 19.8 Å². The lowest BCUT2D eigenvalue weighted by Gasteiger charge is -2.09. The summed E-state index contributed by atoms with van der Waals surface area (Å²) < 4.78 is 10.5. The zero-order valence-corrected chi connectivity index (χ0v) is 13.5. The third kappa shape index (κ3) is 3.62. The summed E-state index contributed by atoms with van der Waals surface area (Å²) in [5, 5.41) is 3.58. The van der Waals surface area contributed by atoms with Gasteiger partial charge in [0.15, 0.2) is 0 Å². The van der Waals surface area contributed by atoms with Crippen molar-refractivity contribution in [1.82, 2.24) is 5.32 Å². The molecule has 22 heavy (non-hydrogen) atoms. The smallest absolute Gasteiger partial charge is 0.339 e. The normalized spacial score (nSPS) is 10.7. The molecule has 1 aromatic carbocycles. The number of methoxy groups -OCH3 is 1. The maximum atomic E-state index is 12.1. The van der Waals surface area contributed by atoms with Crippen LogP contribution in [0.2, 0.25) is 0 Å². The molecule has 2 rings (SSSR count). The Balaban J connectivity index is 2.27. The maximum Gasteiger partial charge on any atom is 0.339 e. The van der Waals surface area contributed by atoms with E-state index in [0.717, 1.165) is 10.9 Å². The Hall–Kier alpha value is -1.95. The topological polar surface area (TPSA) is 68.5 Å². The molecule has 0 aliphatic heterocycles. The van der Waals surface area contributed by atoms with E-state index in [1.165, 1.54) is 0 Å². The first-order valence-electron chi connectivity index (χ1n) is 7.04. The van der Waals surface area contributed by atoms with E-state index in [0.29, 0.717) is 35.6 Å². The molecule has 1 aromatic heterocycles. The van der Waals surface area contributed by atoms with Gasteiger partial charge in [-0.15, -0.1) is 0 Å². The minimum atomic E-state index is -0.403. The standard InChI is InChI=1S/C16H19NO4S/c1-10-12-4-3-11(20-2)9-14(12)21-16(19)13(10)5-6-15(18)17-7-8-22/h3-4,9,22H,5-8H2,1-2H3,(H,17,18). The summed E-state index contributed by atoms with van der Waals surface area (Å²) in [5.41, 5.74) is 1.47. The maximum absolute atomic E-state index is 12.1. The second-order valence-electron chi connectivity index (χ2n) is 4.93. The highest BCUT2D eigenvalue weighted by Crippen LogP contribution is 2.24. The van der Waals surface area contributed by atoms with Crippen molar-refractivity contribution in [3.8, 4) is 5.75 Å². The number of aryl methyl sites for hydroxylation is 1. The molecule has 0 radical (unpaired) electrons. The quantitative estimate of drug-likeness (QED) is 0.631. The molecule has 6 heteroatoms. The van der Waals surface area contributed by atoms with Gasteiger partial charge >= 0.3 is 5.63 Å². The molecule has 2 aromatic rings. The fourth-order valence-corrected chi connectivity index (χ4v) is 2.42. The van der Waals surface area contributed by atoms with Crippen molar-refractivity contribution >= 4 is 29.5 Å². The van der Waals surface area contributed by atoms with E-state index < -0.39 is 5.63 Å². The lowest BCUT2D eigenvalue weighted by Crippen LogP contribution is -2.26. The van der Waals surface area contributed by atoms with Crippen LogP contribution in [0.4, 0.5) is 0 Å². The molecule has 0 saturated carbocycles. The number of thiol groups is 1. The number of ether oxygens (including phenoxy) is 1. The van der Waals surface area contributed by atoms with Crippen molar-refractivity contribution in [2.24, 2.45) is 0 Å². The highest BCUT2D eigenvalue weighted by atomic mass is 32.1. The van der Waals surface area contributed by atoms with Gasteiger partial charge in [0, 0.05) is 35.7 Å². The zero-order chi connectivity index (χ0) is 16.1. The van der Waals surface area contributed by atoms with Gasteiger partial charge in [-0.1, -0.05) is 0 Å². The lowest BCUT2D eigenvalue weighted by atomic mass is 10.0. The van der Waals surface area contributed by atoms with E-state index in [1.807, 2.05) is 19.1 Å². The summed E-state index contributed by atoms with van der Waals surface area (Å²) in [6.07, 6.45) is 0.607. The van der Waals surface area contributed by atoms with Gasteiger partial charge < -0.3 is 14.5 Å². The van der Waals surface area contributed by atoms with E-state index in [2.05, 4.69) is 17.9 Å². The molecule has 0 unspecified atom stereocenters. The first kappa shape index (κ1) is 16.4. The Kier molecular flexibility index (Phi) is 5.49. The van der Waals surface area contributed by atoms with E-state index in [-0.39, 0.29) is 12.3 Å². The minimum Gasteiger partial charge on any atom is -0.497 e. The average molecular weight is 321 g/mol. The van der Waals surface area contributed by atoms with Crippen LogP contribution >= 0.6 is 12.6 Å². The molecular formula is C16H19NO4S. The van der Waals surface area contributed by atoms with Gasteiger partial charge in [0.05, 0.1) is 7.11 Å². The number of amides is 1. The summed E-state index contributed by atoms with van der Waals surface area (Å²) in [4.78, 5) is 23.8. The number of fused-ring (bicyclic) bond motifs is 1. The minimum absolute atomic E-state index is 0.0947. The molecule has 5 nitrogen and oxygen atoms in total. The van der Waals surface area contributed by atoms with Gasteiger partial charge in [-0.3, -0.25) is 4.79 Å². The number of hydrogen-bond acceptors (Lipinski definition) is 5. The van der Waals surface area contributed by atoms with Crippen LogP contribution in [-0.4, -0.2) is 25.3 Å². The molecular weight excluding hydrogens is 302 g/mol. The van der Waals surface area contributed by atoms with Gasteiger partial charge in [-0.2, -0.15) is 12.6 Å². The van der Waals surface area contributed by atoms with Gasteiger partial charge in [0.1, 0.15) is 11.3 Å². The predicted molar refractivity (Wildman–Crippen MR) is 89.0 cm³/mol. The molecule has 0 aliphatic rings. The van der Waals surface area contributed by atoms with Crippen LogP contribution in [0.25, 0.3) is 11.0 Å². The second kappa shape index (κ2) is 7.35. The second-order valence-corrected chi connectivity index (χ2v) is 5.38. The van der Waals surface area contributed by atoms with E-state index >= 15 is 0 Å². The zero-order valence-electron chi connectivity index (χ0n) is 12.6. The molecule has 118 valence electrons. The van der Waals surface area contributed by atoms with Gasteiger partial charge in [0.25, 0.3) is 0 Å². The first-order chi connectivity index (χ1) is 10.6. The summed E-state index contributed by atoms with van der Waals surface area (Å²) in [6, 6.07) is 5.36. The highest BCUT2D eigenvalue weighted by Gasteiger charge is 2.13. The number of hydrogen-bond donors (Lipinski definition) is 2. The summed E-state index contributed by atoms with van der Waals surface area (Å²) in [6.45, 7) is 2.39. The van der Waals surface area contributed by atoms with Crippen molar-refractivity contribution in [2.75, 3.05) is 19.4 Å². The number of rotatable bonds is 6. The van der Waals surface area contributed by atoms with Crippen LogP contribution in [0, 0.1) is 6.92 Å². The fraction of sp³-hybridized carbons (Fsp3) is 0.375. The molecule has 0 fully saturated rings. The third-order valence-corrected chi connectivity index (χ3v) is 3.75. The Bertz CT molecular complexity index is 739. The molecule has 0 aliphatic carbocycles. The van der Waals surface area contributed by atoms with E-state index in [1.54, 1.807) is 13.2 Å². The van der Waals surface area contributed by atoms with Crippen LogP contribution < -0.4 is 15.7 Å². The van der Waals surface area contributed by atoms with Crippen LogP contribution in [0.1, 0.15) is 17.5 Å². The highest BCUT2D eigenvalue weighted by molar-refractivity contribution is 7.80. The summed E-state index contributed by atoms with van der Waals surface area (Å²) in [5.74, 6) is 1.13. The molecule has 1 heterocycles. The molecule has 0 spiro atoms. The molecule has 1 amide bonds. The molecule has 0 atom stereocenters. The Morgan fingerprint density at radius 3 is 2.86 bits per heavy atom. The largest absolute Gasteiger partial charge is 0.497 e. The molecule has 1 N–H and O–H groups in total.